The monoisotopic (exact) mass is 645 g/mol. The molecule has 0 amide bonds. The molecule has 0 saturated heterocycles. The zero-order valence-corrected chi connectivity index (χ0v) is 27.5. The van der Waals surface area contributed by atoms with Crippen molar-refractivity contribution in [3.8, 4) is 22.3 Å². The van der Waals surface area contributed by atoms with Gasteiger partial charge in [0, 0.05) is 48.5 Å². The highest BCUT2D eigenvalue weighted by atomic mass is 14.9. The van der Waals surface area contributed by atoms with Crippen LogP contribution in [0.2, 0.25) is 0 Å². The van der Waals surface area contributed by atoms with Crippen LogP contribution < -0.4 is 10.6 Å². The number of hydrogen-bond donors (Lipinski definition) is 3. The van der Waals surface area contributed by atoms with Crippen molar-refractivity contribution in [1.29, 1.82) is 5.41 Å². The standard InChI is InChI=1S/C45H35N5/c46-45(36-9-2-1-3-10-36)44-40-11-5-4-8-35(40)17-20-43(44)49-29-31-26-38(33-15-13-32(14-16-33)34-21-24-47-25-22-34)28-39(27-31)37-18-19-42(50-30-37)41-12-6-7-23-48-41/h1-28,46,49-50H,29-30H2. The number of pyridine rings is 2. The molecule has 5 heteroatoms. The molecule has 0 saturated carbocycles. The lowest BCUT2D eigenvalue weighted by Gasteiger charge is -2.20. The number of fused-ring (bicyclic) bond motifs is 1. The summed E-state index contributed by atoms with van der Waals surface area (Å²) in [6, 6.07) is 48.1. The Morgan fingerprint density at radius 2 is 1.36 bits per heavy atom. The fourth-order valence-corrected chi connectivity index (χ4v) is 6.57. The summed E-state index contributed by atoms with van der Waals surface area (Å²) in [5.74, 6) is 0. The molecular formula is C45H35N5. The number of hydrogen-bond acceptors (Lipinski definition) is 5. The number of aromatic nitrogens is 2. The Morgan fingerprint density at radius 3 is 2.12 bits per heavy atom. The van der Waals surface area contributed by atoms with Gasteiger partial charge in [0.2, 0.25) is 0 Å². The van der Waals surface area contributed by atoms with E-state index in [2.05, 4.69) is 99.5 Å². The summed E-state index contributed by atoms with van der Waals surface area (Å²) < 4.78 is 0. The number of allylic oxidation sites excluding steroid dienone is 2. The first-order valence-electron chi connectivity index (χ1n) is 16.8. The Balaban J connectivity index is 1.16. The van der Waals surface area contributed by atoms with E-state index in [0.717, 1.165) is 72.4 Å². The molecule has 5 nitrogen and oxygen atoms in total. The van der Waals surface area contributed by atoms with Crippen molar-refractivity contribution in [1.82, 2.24) is 15.3 Å². The summed E-state index contributed by atoms with van der Waals surface area (Å²) in [6.07, 6.45) is 9.79. The predicted octanol–water partition coefficient (Wildman–Crippen LogP) is 10.0. The maximum Gasteiger partial charge on any atom is 0.0861 e. The van der Waals surface area contributed by atoms with Crippen molar-refractivity contribution in [2.45, 2.75) is 6.54 Å². The lowest BCUT2D eigenvalue weighted by molar-refractivity contribution is 0.993. The van der Waals surface area contributed by atoms with Crippen LogP contribution in [-0.2, 0) is 6.54 Å². The fourth-order valence-electron chi connectivity index (χ4n) is 6.57. The van der Waals surface area contributed by atoms with Crippen LogP contribution in [0.15, 0.2) is 170 Å². The maximum atomic E-state index is 9.28. The predicted molar refractivity (Wildman–Crippen MR) is 207 cm³/mol. The average Bonchev–Trinajstić information content (AvgIpc) is 3.20. The third-order valence-electron chi connectivity index (χ3n) is 9.18. The molecule has 8 rings (SSSR count). The molecule has 1 aliphatic heterocycles. The molecule has 0 radical (unpaired) electrons. The topological polar surface area (TPSA) is 73.7 Å². The minimum atomic E-state index is 0.502. The molecule has 0 spiro atoms. The molecule has 0 atom stereocenters. The van der Waals surface area contributed by atoms with E-state index >= 15 is 0 Å². The summed E-state index contributed by atoms with van der Waals surface area (Å²) in [5, 5.41) is 18.8. The molecular weight excluding hydrogens is 611 g/mol. The van der Waals surface area contributed by atoms with Gasteiger partial charge in [-0.05, 0) is 104 Å². The number of anilines is 1. The van der Waals surface area contributed by atoms with Crippen LogP contribution in [-0.4, -0.2) is 22.2 Å². The van der Waals surface area contributed by atoms with Crippen molar-refractivity contribution in [3.63, 3.8) is 0 Å². The van der Waals surface area contributed by atoms with Gasteiger partial charge in [-0.3, -0.25) is 15.4 Å². The highest BCUT2D eigenvalue weighted by Crippen LogP contribution is 2.32. The third kappa shape index (κ3) is 6.45. The van der Waals surface area contributed by atoms with Gasteiger partial charge in [0.05, 0.1) is 17.1 Å². The number of rotatable bonds is 9. The van der Waals surface area contributed by atoms with Crippen molar-refractivity contribution in [2.75, 3.05) is 11.9 Å². The molecule has 7 aromatic rings. The van der Waals surface area contributed by atoms with E-state index < -0.39 is 0 Å². The highest BCUT2D eigenvalue weighted by Gasteiger charge is 2.16. The molecule has 0 aliphatic carbocycles. The molecule has 3 N–H and O–H groups in total. The lowest BCUT2D eigenvalue weighted by atomic mass is 9.93. The Hall–Kier alpha value is -6.59. The Morgan fingerprint density at radius 1 is 0.640 bits per heavy atom. The zero-order chi connectivity index (χ0) is 33.7. The van der Waals surface area contributed by atoms with Gasteiger partial charge in [-0.2, -0.15) is 0 Å². The Bertz CT molecular complexity index is 2360. The molecule has 0 unspecified atom stereocenters. The van der Waals surface area contributed by atoms with Crippen LogP contribution in [0.4, 0.5) is 5.69 Å². The third-order valence-corrected chi connectivity index (χ3v) is 9.18. The summed E-state index contributed by atoms with van der Waals surface area (Å²) in [7, 11) is 0. The van der Waals surface area contributed by atoms with Gasteiger partial charge in [-0.15, -0.1) is 0 Å². The quantitative estimate of drug-likeness (QED) is 0.137. The Labute approximate surface area is 292 Å². The van der Waals surface area contributed by atoms with Crippen molar-refractivity contribution >= 4 is 33.4 Å². The molecule has 50 heavy (non-hydrogen) atoms. The van der Waals surface area contributed by atoms with Gasteiger partial charge in [-0.25, -0.2) is 0 Å². The first-order valence-corrected chi connectivity index (χ1v) is 16.8. The highest BCUT2D eigenvalue weighted by molar-refractivity contribution is 6.21. The van der Waals surface area contributed by atoms with E-state index in [1.54, 1.807) is 0 Å². The van der Waals surface area contributed by atoms with Gasteiger partial charge in [-0.1, -0.05) is 97.1 Å². The number of nitrogens with zero attached hydrogens (tertiary/aromatic N) is 2. The second-order valence-electron chi connectivity index (χ2n) is 12.4. The zero-order valence-electron chi connectivity index (χ0n) is 27.5. The van der Waals surface area contributed by atoms with E-state index in [9.17, 15) is 5.41 Å². The largest absolute Gasteiger partial charge is 0.380 e. The first kappa shape index (κ1) is 30.7. The summed E-state index contributed by atoms with van der Waals surface area (Å²) in [6.45, 7) is 1.29. The van der Waals surface area contributed by atoms with Crippen molar-refractivity contribution in [2.24, 2.45) is 0 Å². The normalized spacial score (nSPS) is 12.5. The lowest BCUT2D eigenvalue weighted by Crippen LogP contribution is -2.19. The fraction of sp³-hybridized carbons (Fsp3) is 0.0444. The second kappa shape index (κ2) is 13.9. The molecule has 5 aromatic carbocycles. The summed E-state index contributed by atoms with van der Waals surface area (Å²) in [4.78, 5) is 8.69. The van der Waals surface area contributed by atoms with Crippen LogP contribution in [0.5, 0.6) is 0 Å². The van der Waals surface area contributed by atoms with E-state index in [1.165, 1.54) is 5.57 Å². The second-order valence-corrected chi connectivity index (χ2v) is 12.4. The number of dihydropyridines is 1. The van der Waals surface area contributed by atoms with Crippen LogP contribution in [0.25, 0.3) is 44.3 Å². The smallest absolute Gasteiger partial charge is 0.0861 e. The van der Waals surface area contributed by atoms with E-state index in [-0.39, 0.29) is 0 Å². The van der Waals surface area contributed by atoms with Crippen LogP contribution >= 0.6 is 0 Å². The number of benzene rings is 5. The van der Waals surface area contributed by atoms with Gasteiger partial charge in [0.1, 0.15) is 0 Å². The SMILES string of the molecule is N=C(c1ccccc1)c1c(NCc2cc(C3=CC=C(c4ccccn4)NC3)cc(-c3ccc(-c4ccncc4)cc3)c2)ccc2ccccc12. The molecule has 0 bridgehead atoms. The molecule has 3 heterocycles. The van der Waals surface area contributed by atoms with Crippen LogP contribution in [0.1, 0.15) is 27.9 Å². The van der Waals surface area contributed by atoms with Gasteiger partial charge >= 0.3 is 0 Å². The van der Waals surface area contributed by atoms with Gasteiger partial charge in [0.15, 0.2) is 0 Å². The summed E-state index contributed by atoms with van der Waals surface area (Å²) in [5.41, 5.74) is 13.3. The van der Waals surface area contributed by atoms with E-state index in [1.807, 2.05) is 91.4 Å². The minimum absolute atomic E-state index is 0.502. The van der Waals surface area contributed by atoms with E-state index in [4.69, 9.17) is 0 Å². The molecule has 0 fully saturated rings. The molecule has 1 aliphatic rings. The molecule has 2 aromatic heterocycles. The first-order chi connectivity index (χ1) is 24.7. The van der Waals surface area contributed by atoms with Crippen molar-refractivity contribution < 1.29 is 0 Å². The van der Waals surface area contributed by atoms with Crippen LogP contribution in [0, 0.1) is 5.41 Å². The van der Waals surface area contributed by atoms with Gasteiger partial charge < -0.3 is 10.6 Å². The maximum absolute atomic E-state index is 9.28. The minimum Gasteiger partial charge on any atom is -0.380 e. The number of nitrogens with one attached hydrogen (secondary N) is 3. The van der Waals surface area contributed by atoms with Crippen molar-refractivity contribution in [3.05, 3.63) is 198 Å². The summed E-state index contributed by atoms with van der Waals surface area (Å²) >= 11 is 0. The average molecular weight is 646 g/mol. The van der Waals surface area contributed by atoms with E-state index in [0.29, 0.717) is 18.8 Å². The Kier molecular flexibility index (Phi) is 8.52. The molecule has 240 valence electrons. The van der Waals surface area contributed by atoms with Crippen LogP contribution in [0.3, 0.4) is 0 Å². The van der Waals surface area contributed by atoms with Gasteiger partial charge in [0.25, 0.3) is 0 Å².